The molecule has 2 heteroatoms. The van der Waals surface area contributed by atoms with Gasteiger partial charge in [-0.1, -0.05) is 34.6 Å². The molecule has 0 N–H and O–H groups in total. The first-order chi connectivity index (χ1) is 7.74. The minimum atomic E-state index is 0.215. The van der Waals surface area contributed by atoms with Gasteiger partial charge in [0.25, 0.3) is 0 Å². The van der Waals surface area contributed by atoms with Crippen LogP contribution in [0.1, 0.15) is 52.3 Å². The normalized spacial score (nSPS) is 12.8. The van der Waals surface area contributed by atoms with E-state index in [1.54, 1.807) is 0 Å². The fourth-order valence-electron chi connectivity index (χ4n) is 1.61. The molecular formula is C15H25NS. The lowest BCUT2D eigenvalue weighted by atomic mass is 9.87. The predicted octanol–water partition coefficient (Wildman–Crippen LogP) is 4.45. The van der Waals surface area contributed by atoms with Crippen LogP contribution < -0.4 is 0 Å². The molecule has 0 saturated heterocycles. The molecule has 1 aromatic rings. The van der Waals surface area contributed by atoms with Crippen LogP contribution in [-0.4, -0.2) is 16.0 Å². The van der Waals surface area contributed by atoms with Crippen LogP contribution in [0.5, 0.6) is 0 Å². The van der Waals surface area contributed by atoms with E-state index in [4.69, 9.17) is 0 Å². The largest absolute Gasteiger partial charge is 0.261 e. The average molecular weight is 251 g/mol. The van der Waals surface area contributed by atoms with Crippen molar-refractivity contribution >= 4 is 11.8 Å². The minimum Gasteiger partial charge on any atom is -0.261 e. The Labute approximate surface area is 110 Å². The molecule has 0 atom stereocenters. The van der Waals surface area contributed by atoms with E-state index in [0.717, 1.165) is 6.42 Å². The fourth-order valence-corrected chi connectivity index (χ4v) is 1.92. The van der Waals surface area contributed by atoms with Crippen molar-refractivity contribution in [3.05, 3.63) is 29.6 Å². The second-order valence-corrected chi connectivity index (χ2v) is 7.76. The Morgan fingerprint density at radius 3 is 2.35 bits per heavy atom. The summed E-state index contributed by atoms with van der Waals surface area (Å²) in [6, 6.07) is 4.39. The van der Waals surface area contributed by atoms with Crippen LogP contribution in [-0.2, 0) is 11.8 Å². The van der Waals surface area contributed by atoms with E-state index in [1.165, 1.54) is 17.7 Å². The maximum absolute atomic E-state index is 4.48. The molecule has 0 aromatic carbocycles. The van der Waals surface area contributed by atoms with Crippen LogP contribution in [0.15, 0.2) is 18.3 Å². The first-order valence-corrected chi connectivity index (χ1v) is 7.48. The highest BCUT2D eigenvalue weighted by atomic mass is 32.2. The number of pyridine rings is 1. The smallest absolute Gasteiger partial charge is 0.0407 e. The Balaban J connectivity index is 2.74. The van der Waals surface area contributed by atoms with Gasteiger partial charge in [0.2, 0.25) is 0 Å². The van der Waals surface area contributed by atoms with Gasteiger partial charge in [-0.2, -0.15) is 11.8 Å². The van der Waals surface area contributed by atoms with Gasteiger partial charge in [0, 0.05) is 16.6 Å². The summed E-state index contributed by atoms with van der Waals surface area (Å²) < 4.78 is 0.347. The van der Waals surface area contributed by atoms with Gasteiger partial charge >= 0.3 is 0 Å². The first kappa shape index (κ1) is 14.6. The van der Waals surface area contributed by atoms with E-state index in [2.05, 4.69) is 58.0 Å². The van der Waals surface area contributed by atoms with Crippen LogP contribution in [0, 0.1) is 0 Å². The molecule has 1 nitrogen and oxygen atoms in total. The lowest BCUT2D eigenvalue weighted by Crippen LogP contribution is -2.16. The number of nitrogens with zero attached hydrogens (tertiary/aromatic N) is 1. The van der Waals surface area contributed by atoms with Gasteiger partial charge in [0.1, 0.15) is 0 Å². The predicted molar refractivity (Wildman–Crippen MR) is 78.9 cm³/mol. The first-order valence-electron chi connectivity index (χ1n) is 6.25. The zero-order valence-corrected chi connectivity index (χ0v) is 12.8. The second kappa shape index (κ2) is 5.43. The summed E-state index contributed by atoms with van der Waals surface area (Å²) in [5.74, 6) is 0. The van der Waals surface area contributed by atoms with Gasteiger partial charge in [-0.15, -0.1) is 0 Å². The molecule has 1 rings (SSSR count). The summed E-state index contributed by atoms with van der Waals surface area (Å²) in [5.41, 5.74) is 2.82. The van der Waals surface area contributed by atoms with Crippen molar-refractivity contribution in [3.8, 4) is 0 Å². The standard InChI is InChI=1S/C15H25NS/c1-14(2,3)12-8-10-16-13(11-12)7-9-15(4,5)17-6/h8,10-11H,7,9H2,1-6H3. The summed E-state index contributed by atoms with van der Waals surface area (Å²) >= 11 is 1.93. The summed E-state index contributed by atoms with van der Waals surface area (Å²) in [5, 5.41) is 0. The van der Waals surface area contributed by atoms with Gasteiger partial charge in [-0.3, -0.25) is 4.98 Å². The van der Waals surface area contributed by atoms with Gasteiger partial charge in [0.05, 0.1) is 0 Å². The van der Waals surface area contributed by atoms with Crippen LogP contribution in [0.2, 0.25) is 0 Å². The number of rotatable bonds is 4. The molecule has 0 unspecified atom stereocenters. The number of hydrogen-bond donors (Lipinski definition) is 0. The van der Waals surface area contributed by atoms with Gasteiger partial charge in [0.15, 0.2) is 0 Å². The third-order valence-electron chi connectivity index (χ3n) is 3.22. The summed E-state index contributed by atoms with van der Waals surface area (Å²) in [7, 11) is 0. The van der Waals surface area contributed by atoms with Crippen LogP contribution in [0.25, 0.3) is 0 Å². The molecule has 0 fully saturated rings. The number of thioether (sulfide) groups is 1. The highest BCUT2D eigenvalue weighted by Crippen LogP contribution is 2.27. The topological polar surface area (TPSA) is 12.9 Å². The Morgan fingerprint density at radius 2 is 1.82 bits per heavy atom. The van der Waals surface area contributed by atoms with Crippen LogP contribution >= 0.6 is 11.8 Å². The maximum Gasteiger partial charge on any atom is 0.0407 e. The van der Waals surface area contributed by atoms with Crippen molar-refractivity contribution < 1.29 is 0 Å². The van der Waals surface area contributed by atoms with E-state index < -0.39 is 0 Å². The minimum absolute atomic E-state index is 0.215. The Kier molecular flexibility index (Phi) is 4.65. The van der Waals surface area contributed by atoms with Gasteiger partial charge < -0.3 is 0 Å². The van der Waals surface area contributed by atoms with Crippen molar-refractivity contribution in [2.75, 3.05) is 6.26 Å². The fraction of sp³-hybridized carbons (Fsp3) is 0.667. The molecule has 1 aromatic heterocycles. The van der Waals surface area contributed by atoms with Crippen LogP contribution in [0.3, 0.4) is 0 Å². The number of hydrogen-bond acceptors (Lipinski definition) is 2. The quantitative estimate of drug-likeness (QED) is 0.784. The zero-order chi connectivity index (χ0) is 13.1. The van der Waals surface area contributed by atoms with Crippen molar-refractivity contribution in [1.29, 1.82) is 0 Å². The monoisotopic (exact) mass is 251 g/mol. The van der Waals surface area contributed by atoms with Crippen molar-refractivity contribution in [2.45, 2.75) is 57.6 Å². The lowest BCUT2D eigenvalue weighted by Gasteiger charge is -2.22. The third kappa shape index (κ3) is 4.71. The third-order valence-corrected chi connectivity index (χ3v) is 4.53. The molecule has 0 amide bonds. The summed E-state index contributed by atoms with van der Waals surface area (Å²) in [4.78, 5) is 4.48. The van der Waals surface area contributed by atoms with E-state index in [-0.39, 0.29) is 5.41 Å². The molecule has 0 aliphatic heterocycles. The number of aromatic nitrogens is 1. The molecule has 0 bridgehead atoms. The Bertz CT molecular complexity index is 363. The van der Waals surface area contributed by atoms with E-state index in [1.807, 2.05) is 18.0 Å². The molecular weight excluding hydrogens is 226 g/mol. The molecule has 17 heavy (non-hydrogen) atoms. The molecule has 0 spiro atoms. The molecule has 0 aliphatic carbocycles. The van der Waals surface area contributed by atoms with Crippen molar-refractivity contribution in [2.24, 2.45) is 0 Å². The molecule has 1 heterocycles. The molecule has 0 radical (unpaired) electrons. The lowest BCUT2D eigenvalue weighted by molar-refractivity contribution is 0.584. The summed E-state index contributed by atoms with van der Waals surface area (Å²) in [6.07, 6.45) is 6.37. The van der Waals surface area contributed by atoms with Crippen LogP contribution in [0.4, 0.5) is 0 Å². The highest BCUT2D eigenvalue weighted by Gasteiger charge is 2.17. The van der Waals surface area contributed by atoms with Crippen molar-refractivity contribution in [1.82, 2.24) is 4.98 Å². The SMILES string of the molecule is CSC(C)(C)CCc1cc(C(C)(C)C)ccn1. The Hall–Kier alpha value is -0.500. The molecule has 96 valence electrons. The zero-order valence-electron chi connectivity index (χ0n) is 12.0. The highest BCUT2D eigenvalue weighted by molar-refractivity contribution is 7.99. The van der Waals surface area contributed by atoms with Crippen molar-refractivity contribution in [3.63, 3.8) is 0 Å². The number of aryl methyl sites for hydroxylation is 1. The van der Waals surface area contributed by atoms with Gasteiger partial charge in [-0.05, 0) is 42.2 Å². The average Bonchev–Trinajstić information content (AvgIpc) is 2.26. The molecule has 0 aliphatic rings. The molecule has 0 saturated carbocycles. The Morgan fingerprint density at radius 1 is 1.18 bits per heavy atom. The second-order valence-electron chi connectivity index (χ2n) is 6.25. The van der Waals surface area contributed by atoms with Gasteiger partial charge in [-0.25, -0.2) is 0 Å². The van der Waals surface area contributed by atoms with E-state index in [9.17, 15) is 0 Å². The maximum atomic E-state index is 4.48. The summed E-state index contributed by atoms with van der Waals surface area (Å²) in [6.45, 7) is 11.3. The van der Waals surface area contributed by atoms with E-state index in [0.29, 0.717) is 4.75 Å². The van der Waals surface area contributed by atoms with E-state index >= 15 is 0 Å².